The molecule has 4 heteroatoms. The van der Waals surface area contributed by atoms with Crippen molar-refractivity contribution in [3.8, 4) is 0 Å². The molecule has 0 radical (unpaired) electrons. The van der Waals surface area contributed by atoms with Crippen LogP contribution in [0.1, 0.15) is 19.8 Å². The molecule has 0 heterocycles. The van der Waals surface area contributed by atoms with Crippen molar-refractivity contribution in [1.82, 2.24) is 0 Å². The number of esters is 1. The van der Waals surface area contributed by atoms with E-state index in [1.165, 1.54) is 0 Å². The van der Waals surface area contributed by atoms with E-state index in [4.69, 9.17) is 10.5 Å². The molecule has 0 aliphatic heterocycles. The molecule has 0 bridgehead atoms. The first kappa shape index (κ1) is 13.5. The van der Waals surface area contributed by atoms with Crippen LogP contribution in [0.2, 0.25) is 0 Å². The van der Waals surface area contributed by atoms with E-state index < -0.39 is 6.04 Å². The molecule has 0 amide bonds. The first-order valence-corrected chi connectivity index (χ1v) is 5.98. The van der Waals surface area contributed by atoms with Crippen molar-refractivity contribution in [3.63, 3.8) is 0 Å². The van der Waals surface area contributed by atoms with E-state index in [0.29, 0.717) is 13.0 Å². The summed E-state index contributed by atoms with van der Waals surface area (Å²) >= 11 is 1.78. The molecular formula is C10H19NO2S. The van der Waals surface area contributed by atoms with Crippen molar-refractivity contribution in [2.75, 3.05) is 18.1 Å². The van der Waals surface area contributed by atoms with Gasteiger partial charge in [0.1, 0.15) is 6.04 Å². The predicted octanol–water partition coefficient (Wildman–Crippen LogP) is 1.58. The Morgan fingerprint density at radius 1 is 1.64 bits per heavy atom. The molecule has 0 aromatic rings. The van der Waals surface area contributed by atoms with E-state index in [1.807, 2.05) is 6.08 Å². The maximum Gasteiger partial charge on any atom is 0.322 e. The van der Waals surface area contributed by atoms with E-state index in [0.717, 1.165) is 17.9 Å². The lowest BCUT2D eigenvalue weighted by molar-refractivity contribution is -0.144. The summed E-state index contributed by atoms with van der Waals surface area (Å²) in [5, 5.41) is 0. The molecule has 0 spiro atoms. The standard InChI is InChI=1S/C10H19NO2S/c1-3-5-7-14-8-6-9(11)10(12)13-4-2/h3,9H,1,4-8,11H2,2H3. The molecule has 0 aromatic carbocycles. The molecule has 0 saturated carbocycles. The summed E-state index contributed by atoms with van der Waals surface area (Å²) in [6.45, 7) is 5.81. The van der Waals surface area contributed by atoms with Crippen LogP contribution in [-0.2, 0) is 9.53 Å². The number of nitrogens with two attached hydrogens (primary N) is 1. The average Bonchev–Trinajstić information content (AvgIpc) is 2.17. The molecule has 1 atom stereocenters. The Kier molecular flexibility index (Phi) is 8.78. The molecule has 0 aromatic heterocycles. The van der Waals surface area contributed by atoms with E-state index in [2.05, 4.69) is 6.58 Å². The van der Waals surface area contributed by atoms with E-state index >= 15 is 0 Å². The Bertz CT molecular complexity index is 174. The molecule has 14 heavy (non-hydrogen) atoms. The van der Waals surface area contributed by atoms with Crippen molar-refractivity contribution in [2.24, 2.45) is 5.73 Å². The van der Waals surface area contributed by atoms with Crippen molar-refractivity contribution in [3.05, 3.63) is 12.7 Å². The lowest BCUT2D eigenvalue weighted by Crippen LogP contribution is -2.32. The highest BCUT2D eigenvalue weighted by atomic mass is 32.2. The van der Waals surface area contributed by atoms with E-state index in [1.54, 1.807) is 18.7 Å². The Morgan fingerprint density at radius 3 is 2.93 bits per heavy atom. The summed E-state index contributed by atoms with van der Waals surface area (Å²) in [5.41, 5.74) is 5.61. The molecule has 2 N–H and O–H groups in total. The second kappa shape index (κ2) is 9.09. The number of carbonyl (C=O) groups excluding carboxylic acids is 1. The minimum Gasteiger partial charge on any atom is -0.465 e. The SMILES string of the molecule is C=CCCSCCC(N)C(=O)OCC. The van der Waals surface area contributed by atoms with Crippen LogP contribution >= 0.6 is 11.8 Å². The third-order valence-corrected chi connectivity index (χ3v) is 2.68. The van der Waals surface area contributed by atoms with Crippen LogP contribution < -0.4 is 5.73 Å². The monoisotopic (exact) mass is 217 g/mol. The smallest absolute Gasteiger partial charge is 0.322 e. The van der Waals surface area contributed by atoms with Crippen LogP contribution in [0.5, 0.6) is 0 Å². The molecule has 0 aliphatic carbocycles. The van der Waals surface area contributed by atoms with E-state index in [9.17, 15) is 4.79 Å². The van der Waals surface area contributed by atoms with Crippen molar-refractivity contribution < 1.29 is 9.53 Å². The average molecular weight is 217 g/mol. The van der Waals surface area contributed by atoms with Crippen LogP contribution in [0.25, 0.3) is 0 Å². The summed E-state index contributed by atoms with van der Waals surface area (Å²) in [4.78, 5) is 11.1. The van der Waals surface area contributed by atoms with Gasteiger partial charge in [0.25, 0.3) is 0 Å². The Morgan fingerprint density at radius 2 is 2.36 bits per heavy atom. The topological polar surface area (TPSA) is 52.3 Å². The van der Waals surface area contributed by atoms with Crippen LogP contribution in [0.15, 0.2) is 12.7 Å². The van der Waals surface area contributed by atoms with Crippen LogP contribution in [0.4, 0.5) is 0 Å². The number of hydrogen-bond acceptors (Lipinski definition) is 4. The maximum atomic E-state index is 11.1. The van der Waals surface area contributed by atoms with Gasteiger partial charge in [0.05, 0.1) is 6.61 Å². The minimum atomic E-state index is -0.466. The highest BCUT2D eigenvalue weighted by Crippen LogP contribution is 2.06. The normalized spacial score (nSPS) is 12.1. The number of thioether (sulfide) groups is 1. The Balaban J connectivity index is 3.38. The number of ether oxygens (including phenoxy) is 1. The lowest BCUT2D eigenvalue weighted by atomic mass is 10.2. The van der Waals surface area contributed by atoms with Gasteiger partial charge >= 0.3 is 5.97 Å². The third kappa shape index (κ3) is 6.97. The molecule has 0 aliphatic rings. The number of allylic oxidation sites excluding steroid dienone is 1. The summed E-state index contributed by atoms with van der Waals surface area (Å²) in [6, 6.07) is -0.466. The van der Waals surface area contributed by atoms with Gasteiger partial charge < -0.3 is 10.5 Å². The van der Waals surface area contributed by atoms with Gasteiger partial charge in [-0.25, -0.2) is 0 Å². The zero-order valence-electron chi connectivity index (χ0n) is 8.70. The zero-order valence-corrected chi connectivity index (χ0v) is 9.52. The van der Waals surface area contributed by atoms with E-state index in [-0.39, 0.29) is 5.97 Å². The van der Waals surface area contributed by atoms with Gasteiger partial charge in [-0.15, -0.1) is 6.58 Å². The number of hydrogen-bond donors (Lipinski definition) is 1. The first-order chi connectivity index (χ1) is 6.72. The van der Waals surface area contributed by atoms with Gasteiger partial charge in [0, 0.05) is 0 Å². The van der Waals surface area contributed by atoms with Crippen LogP contribution in [-0.4, -0.2) is 30.1 Å². The fourth-order valence-corrected chi connectivity index (χ4v) is 1.80. The van der Waals surface area contributed by atoms with Crippen LogP contribution in [0.3, 0.4) is 0 Å². The molecule has 1 unspecified atom stereocenters. The highest BCUT2D eigenvalue weighted by Gasteiger charge is 2.13. The molecule has 0 saturated heterocycles. The first-order valence-electron chi connectivity index (χ1n) is 4.83. The second-order valence-electron chi connectivity index (χ2n) is 2.84. The number of rotatable bonds is 8. The molecule has 82 valence electrons. The van der Waals surface area contributed by atoms with Gasteiger partial charge in [-0.05, 0) is 31.3 Å². The van der Waals surface area contributed by atoms with Crippen molar-refractivity contribution in [2.45, 2.75) is 25.8 Å². The summed E-state index contributed by atoms with van der Waals surface area (Å²) < 4.78 is 4.79. The maximum absolute atomic E-state index is 11.1. The second-order valence-corrected chi connectivity index (χ2v) is 4.06. The Hall–Kier alpha value is -0.480. The fraction of sp³-hybridized carbons (Fsp3) is 0.700. The van der Waals surface area contributed by atoms with Gasteiger partial charge in [-0.1, -0.05) is 6.08 Å². The van der Waals surface area contributed by atoms with Gasteiger partial charge in [0.2, 0.25) is 0 Å². The molecule has 3 nitrogen and oxygen atoms in total. The third-order valence-electron chi connectivity index (χ3n) is 1.63. The largest absolute Gasteiger partial charge is 0.465 e. The minimum absolute atomic E-state index is 0.295. The summed E-state index contributed by atoms with van der Waals surface area (Å²) in [6.07, 6.45) is 3.57. The van der Waals surface area contributed by atoms with Crippen molar-refractivity contribution in [1.29, 1.82) is 0 Å². The fourth-order valence-electron chi connectivity index (χ4n) is 0.846. The summed E-state index contributed by atoms with van der Waals surface area (Å²) in [5.74, 6) is 1.64. The van der Waals surface area contributed by atoms with Gasteiger partial charge in [0.15, 0.2) is 0 Å². The lowest BCUT2D eigenvalue weighted by Gasteiger charge is -2.09. The summed E-state index contributed by atoms with van der Waals surface area (Å²) in [7, 11) is 0. The number of carbonyl (C=O) groups is 1. The van der Waals surface area contributed by atoms with Gasteiger partial charge in [-0.2, -0.15) is 11.8 Å². The molecular weight excluding hydrogens is 198 g/mol. The highest BCUT2D eigenvalue weighted by molar-refractivity contribution is 7.99. The van der Waals surface area contributed by atoms with Gasteiger partial charge in [-0.3, -0.25) is 4.79 Å². The molecule has 0 rings (SSSR count). The molecule has 0 fully saturated rings. The van der Waals surface area contributed by atoms with Crippen LogP contribution in [0, 0.1) is 0 Å². The quantitative estimate of drug-likeness (QED) is 0.381. The predicted molar refractivity (Wildman–Crippen MR) is 61.4 cm³/mol. The Labute approximate surface area is 90.1 Å². The van der Waals surface area contributed by atoms with Crippen molar-refractivity contribution >= 4 is 17.7 Å². The zero-order chi connectivity index (χ0) is 10.8.